The monoisotopic (exact) mass is 422 g/mol. The van der Waals surface area contributed by atoms with Gasteiger partial charge in [-0.25, -0.2) is 14.2 Å². The van der Waals surface area contributed by atoms with E-state index in [0.717, 1.165) is 0 Å². The van der Waals surface area contributed by atoms with Crippen LogP contribution < -0.4 is 10.7 Å². The van der Waals surface area contributed by atoms with Crippen molar-refractivity contribution in [3.8, 4) is 0 Å². The molecule has 0 aliphatic carbocycles. The SMILES string of the molecule is CCOC(=O)Cc1csc(NN=Cc2ccc(NC(=O)OC(C)(C)C)c(F)c2)n1. The van der Waals surface area contributed by atoms with E-state index in [1.165, 1.54) is 29.7 Å². The summed E-state index contributed by atoms with van der Waals surface area (Å²) >= 11 is 1.28. The highest BCUT2D eigenvalue weighted by molar-refractivity contribution is 7.13. The van der Waals surface area contributed by atoms with Gasteiger partial charge in [-0.3, -0.25) is 15.5 Å². The number of hydrazone groups is 1. The van der Waals surface area contributed by atoms with Gasteiger partial charge in [-0.15, -0.1) is 11.3 Å². The van der Waals surface area contributed by atoms with Gasteiger partial charge in [0, 0.05) is 5.38 Å². The van der Waals surface area contributed by atoms with Crippen molar-refractivity contribution in [3.63, 3.8) is 0 Å². The molecule has 0 saturated heterocycles. The zero-order chi connectivity index (χ0) is 21.4. The number of anilines is 2. The lowest BCUT2D eigenvalue weighted by atomic mass is 10.2. The van der Waals surface area contributed by atoms with Crippen LogP contribution in [0.15, 0.2) is 28.7 Å². The molecule has 0 atom stereocenters. The first kappa shape index (κ1) is 22.3. The van der Waals surface area contributed by atoms with Gasteiger partial charge in [0.1, 0.15) is 11.4 Å². The van der Waals surface area contributed by atoms with Crippen LogP contribution in [0, 0.1) is 5.82 Å². The molecule has 1 aromatic heterocycles. The lowest BCUT2D eigenvalue weighted by Crippen LogP contribution is -2.27. The fourth-order valence-corrected chi connectivity index (χ4v) is 2.75. The summed E-state index contributed by atoms with van der Waals surface area (Å²) in [6.45, 7) is 7.22. The molecular formula is C19H23FN4O4S. The van der Waals surface area contributed by atoms with Gasteiger partial charge in [-0.05, 0) is 45.4 Å². The molecule has 0 saturated carbocycles. The van der Waals surface area contributed by atoms with Crippen LogP contribution in [0.1, 0.15) is 39.0 Å². The third-order valence-electron chi connectivity index (χ3n) is 3.19. The normalized spacial score (nSPS) is 11.3. The molecule has 0 aliphatic rings. The topological polar surface area (TPSA) is 102 Å². The first-order chi connectivity index (χ1) is 13.7. The number of hydrogen-bond donors (Lipinski definition) is 2. The average molecular weight is 422 g/mol. The first-order valence-electron chi connectivity index (χ1n) is 8.85. The summed E-state index contributed by atoms with van der Waals surface area (Å²) in [6.07, 6.45) is 0.765. The Morgan fingerprint density at radius 3 is 2.76 bits per heavy atom. The van der Waals surface area contributed by atoms with Crippen LogP contribution in [0.2, 0.25) is 0 Å². The number of nitrogens with zero attached hydrogens (tertiary/aromatic N) is 2. The molecule has 2 aromatic rings. The van der Waals surface area contributed by atoms with Gasteiger partial charge in [0.25, 0.3) is 0 Å². The number of rotatable bonds is 7. The van der Waals surface area contributed by atoms with Gasteiger partial charge < -0.3 is 9.47 Å². The number of esters is 1. The van der Waals surface area contributed by atoms with Crippen molar-refractivity contribution in [1.29, 1.82) is 0 Å². The van der Waals surface area contributed by atoms with Crippen LogP contribution in [0.3, 0.4) is 0 Å². The second kappa shape index (κ2) is 9.97. The van der Waals surface area contributed by atoms with E-state index in [-0.39, 0.29) is 18.1 Å². The summed E-state index contributed by atoms with van der Waals surface area (Å²) in [7, 11) is 0. The molecule has 0 fully saturated rings. The molecular weight excluding hydrogens is 399 g/mol. The quantitative estimate of drug-likeness (QED) is 0.394. The second-order valence-corrected chi connectivity index (χ2v) is 7.72. The smallest absolute Gasteiger partial charge is 0.412 e. The minimum Gasteiger partial charge on any atom is -0.466 e. The molecule has 1 heterocycles. The zero-order valence-electron chi connectivity index (χ0n) is 16.6. The fraction of sp³-hybridized carbons (Fsp3) is 0.368. The number of ether oxygens (including phenoxy) is 2. The van der Waals surface area contributed by atoms with Crippen LogP contribution in [-0.4, -0.2) is 35.5 Å². The lowest BCUT2D eigenvalue weighted by Gasteiger charge is -2.19. The van der Waals surface area contributed by atoms with E-state index in [9.17, 15) is 14.0 Å². The molecule has 0 aliphatic heterocycles. The summed E-state index contributed by atoms with van der Waals surface area (Å²) in [5, 5.41) is 8.58. The van der Waals surface area contributed by atoms with E-state index in [1.54, 1.807) is 39.1 Å². The van der Waals surface area contributed by atoms with Crippen molar-refractivity contribution < 1.29 is 23.5 Å². The number of aromatic nitrogens is 1. The Balaban J connectivity index is 1.91. The Kier molecular flexibility index (Phi) is 7.66. The van der Waals surface area contributed by atoms with Crippen molar-refractivity contribution in [2.45, 2.75) is 39.7 Å². The number of carbonyl (C=O) groups is 2. The van der Waals surface area contributed by atoms with E-state index in [2.05, 4.69) is 20.8 Å². The van der Waals surface area contributed by atoms with Gasteiger partial charge in [-0.1, -0.05) is 6.07 Å². The molecule has 10 heteroatoms. The Hall–Kier alpha value is -3.01. The molecule has 0 bridgehead atoms. The summed E-state index contributed by atoms with van der Waals surface area (Å²) < 4.78 is 24.1. The number of carbonyl (C=O) groups excluding carboxylic acids is 2. The number of thiazole rings is 1. The molecule has 0 radical (unpaired) electrons. The van der Waals surface area contributed by atoms with Crippen molar-refractivity contribution in [1.82, 2.24) is 4.98 Å². The minimum absolute atomic E-state index is 0.00731. The fourth-order valence-electron chi connectivity index (χ4n) is 2.09. The molecule has 29 heavy (non-hydrogen) atoms. The second-order valence-electron chi connectivity index (χ2n) is 6.86. The standard InChI is InChI=1S/C19H23FN4O4S/c1-5-27-16(25)9-13-11-29-17(22-13)24-21-10-12-6-7-15(14(20)8-12)23-18(26)28-19(2,3)4/h6-8,10-11H,5,9H2,1-4H3,(H,22,24)(H,23,26). The number of nitrogens with one attached hydrogen (secondary N) is 2. The van der Waals surface area contributed by atoms with Crippen molar-refractivity contribution in [3.05, 3.63) is 40.7 Å². The summed E-state index contributed by atoms with van der Waals surface area (Å²) in [5.41, 5.74) is 3.11. The van der Waals surface area contributed by atoms with E-state index in [0.29, 0.717) is 23.0 Å². The third-order valence-corrected chi connectivity index (χ3v) is 3.98. The van der Waals surface area contributed by atoms with Crippen LogP contribution in [0.5, 0.6) is 0 Å². The maximum Gasteiger partial charge on any atom is 0.412 e. The van der Waals surface area contributed by atoms with Gasteiger partial charge in [0.05, 0.1) is 30.6 Å². The highest BCUT2D eigenvalue weighted by atomic mass is 32.1. The molecule has 1 amide bonds. The highest BCUT2D eigenvalue weighted by Crippen LogP contribution is 2.18. The molecule has 8 nitrogen and oxygen atoms in total. The minimum atomic E-state index is -0.734. The highest BCUT2D eigenvalue weighted by Gasteiger charge is 2.17. The molecule has 2 rings (SSSR count). The number of hydrogen-bond acceptors (Lipinski definition) is 8. The molecule has 0 unspecified atom stereocenters. The maximum atomic E-state index is 14.2. The van der Waals surface area contributed by atoms with Gasteiger partial charge in [0.2, 0.25) is 5.13 Å². The van der Waals surface area contributed by atoms with Gasteiger partial charge in [-0.2, -0.15) is 5.10 Å². The van der Waals surface area contributed by atoms with Crippen LogP contribution >= 0.6 is 11.3 Å². The van der Waals surface area contributed by atoms with Crippen molar-refractivity contribution >= 4 is 40.4 Å². The Morgan fingerprint density at radius 1 is 1.34 bits per heavy atom. The number of amides is 1. The average Bonchev–Trinajstić information content (AvgIpc) is 3.03. The first-order valence-corrected chi connectivity index (χ1v) is 9.73. The zero-order valence-corrected chi connectivity index (χ0v) is 17.4. The van der Waals surface area contributed by atoms with Gasteiger partial charge >= 0.3 is 12.1 Å². The summed E-state index contributed by atoms with van der Waals surface area (Å²) in [4.78, 5) is 27.4. The van der Waals surface area contributed by atoms with E-state index >= 15 is 0 Å². The largest absolute Gasteiger partial charge is 0.466 e. The maximum absolute atomic E-state index is 14.2. The van der Waals surface area contributed by atoms with E-state index in [1.807, 2.05) is 0 Å². The Labute approximate surface area is 172 Å². The predicted octanol–water partition coefficient (Wildman–Crippen LogP) is 4.18. The van der Waals surface area contributed by atoms with Crippen molar-refractivity contribution in [2.24, 2.45) is 5.10 Å². The lowest BCUT2D eigenvalue weighted by molar-refractivity contribution is -0.142. The predicted molar refractivity (Wildman–Crippen MR) is 110 cm³/mol. The van der Waals surface area contributed by atoms with E-state index < -0.39 is 17.5 Å². The van der Waals surface area contributed by atoms with Crippen molar-refractivity contribution in [2.75, 3.05) is 17.3 Å². The van der Waals surface area contributed by atoms with Crippen LogP contribution in [-0.2, 0) is 20.7 Å². The Bertz CT molecular complexity index is 893. The molecule has 156 valence electrons. The molecule has 1 aromatic carbocycles. The summed E-state index contributed by atoms with van der Waals surface area (Å²) in [5.74, 6) is -0.964. The Morgan fingerprint density at radius 2 is 2.10 bits per heavy atom. The summed E-state index contributed by atoms with van der Waals surface area (Å²) in [6, 6.07) is 4.24. The third kappa shape index (κ3) is 7.86. The van der Waals surface area contributed by atoms with Gasteiger partial charge in [0.15, 0.2) is 0 Å². The number of benzene rings is 1. The molecule has 2 N–H and O–H groups in total. The van der Waals surface area contributed by atoms with Crippen LogP contribution in [0.4, 0.5) is 20.0 Å². The van der Waals surface area contributed by atoms with E-state index in [4.69, 9.17) is 9.47 Å². The van der Waals surface area contributed by atoms with Crippen LogP contribution in [0.25, 0.3) is 0 Å². The number of halogens is 1. The molecule has 0 spiro atoms.